The van der Waals surface area contributed by atoms with Gasteiger partial charge >= 0.3 is 12.1 Å². The number of carbonyl (C=O) groups excluding carboxylic acids is 2. The van der Waals surface area contributed by atoms with E-state index in [9.17, 15) is 9.59 Å². The van der Waals surface area contributed by atoms with Gasteiger partial charge in [-0.25, -0.2) is 9.59 Å². The first-order chi connectivity index (χ1) is 15.1. The molecule has 3 N–H and O–H groups in total. The third kappa shape index (κ3) is 6.26. The van der Waals surface area contributed by atoms with E-state index in [-0.39, 0.29) is 6.61 Å². The maximum atomic E-state index is 12.7. The van der Waals surface area contributed by atoms with Crippen LogP contribution in [0.4, 0.5) is 10.5 Å². The van der Waals surface area contributed by atoms with Crippen LogP contribution in [-0.2, 0) is 20.9 Å². The van der Waals surface area contributed by atoms with E-state index in [1.54, 1.807) is 6.07 Å². The molecule has 0 aromatic heterocycles. The average Bonchev–Trinajstić information content (AvgIpc) is 2.82. The molecule has 0 radical (unpaired) electrons. The molecule has 160 valence electrons. The highest BCUT2D eigenvalue weighted by Gasteiger charge is 2.34. The molecule has 3 rings (SSSR count). The Morgan fingerprint density at radius 2 is 1.55 bits per heavy atom. The molecule has 0 aliphatic rings. The zero-order chi connectivity index (χ0) is 22.1. The molecule has 0 bridgehead atoms. The number of nitrogen functional groups attached to an aromatic ring is 1. The van der Waals surface area contributed by atoms with Crippen molar-refractivity contribution in [2.75, 3.05) is 12.8 Å². The van der Waals surface area contributed by atoms with Crippen molar-refractivity contribution in [3.8, 4) is 0 Å². The van der Waals surface area contributed by atoms with Gasteiger partial charge in [0.05, 0.1) is 12.4 Å². The number of methoxy groups -OCH3 is 1. The highest BCUT2D eigenvalue weighted by atomic mass is 32.2. The number of nitrogens with two attached hydrogens (primary N) is 1. The van der Waals surface area contributed by atoms with Crippen molar-refractivity contribution in [3.63, 3.8) is 0 Å². The molecule has 3 aromatic carbocycles. The van der Waals surface area contributed by atoms with Crippen LogP contribution in [-0.4, -0.2) is 25.2 Å². The van der Waals surface area contributed by atoms with Crippen molar-refractivity contribution in [2.45, 2.75) is 22.8 Å². The van der Waals surface area contributed by atoms with Gasteiger partial charge in [-0.05, 0) is 23.3 Å². The maximum Gasteiger partial charge on any atom is 0.408 e. The Bertz CT molecular complexity index is 999. The number of nitrogens with one attached hydrogen (secondary N) is 1. The fraction of sp³-hybridized carbons (Fsp3) is 0.167. The summed E-state index contributed by atoms with van der Waals surface area (Å²) in [4.78, 5) is 26.0. The minimum absolute atomic E-state index is 0.0926. The Balaban J connectivity index is 1.83. The summed E-state index contributed by atoms with van der Waals surface area (Å²) in [5.74, 6) is -0.576. The number of anilines is 1. The first kappa shape index (κ1) is 22.2. The molecule has 1 amide bonds. The monoisotopic (exact) mass is 436 g/mol. The first-order valence-corrected chi connectivity index (χ1v) is 10.6. The number of hydrogen-bond acceptors (Lipinski definition) is 6. The normalized spacial score (nSPS) is 12.4. The van der Waals surface area contributed by atoms with Gasteiger partial charge in [-0.2, -0.15) is 0 Å². The van der Waals surface area contributed by atoms with E-state index in [4.69, 9.17) is 15.2 Å². The molecule has 2 unspecified atom stereocenters. The van der Waals surface area contributed by atoms with Gasteiger partial charge in [-0.1, -0.05) is 72.8 Å². The smallest absolute Gasteiger partial charge is 0.408 e. The molecule has 0 spiro atoms. The average molecular weight is 437 g/mol. The number of rotatable bonds is 8. The summed E-state index contributed by atoms with van der Waals surface area (Å²) in [5.41, 5.74) is 8.39. The van der Waals surface area contributed by atoms with E-state index < -0.39 is 23.4 Å². The molecular formula is C24H24N2O4S. The predicted octanol–water partition coefficient (Wildman–Crippen LogP) is 4.57. The summed E-state index contributed by atoms with van der Waals surface area (Å²) in [6, 6.07) is 25.1. The number of thioether (sulfide) groups is 1. The third-order valence-electron chi connectivity index (χ3n) is 4.55. The Hall–Kier alpha value is -3.45. The number of ether oxygens (including phenoxy) is 2. The van der Waals surface area contributed by atoms with Gasteiger partial charge < -0.3 is 20.5 Å². The minimum Gasteiger partial charge on any atom is -0.467 e. The molecule has 3 aromatic rings. The second kappa shape index (κ2) is 11.1. The summed E-state index contributed by atoms with van der Waals surface area (Å²) in [6.45, 7) is 0.0926. The molecule has 2 atom stereocenters. The maximum absolute atomic E-state index is 12.7. The third-order valence-corrected chi connectivity index (χ3v) is 5.97. The number of hydrogen-bond donors (Lipinski definition) is 2. The van der Waals surface area contributed by atoms with Gasteiger partial charge in [0.15, 0.2) is 0 Å². The Kier molecular flexibility index (Phi) is 7.95. The molecule has 6 nitrogen and oxygen atoms in total. The van der Waals surface area contributed by atoms with Crippen LogP contribution in [0.2, 0.25) is 0 Å². The lowest BCUT2D eigenvalue weighted by Crippen LogP contribution is -2.45. The zero-order valence-corrected chi connectivity index (χ0v) is 17.9. The molecule has 0 saturated heterocycles. The van der Waals surface area contributed by atoms with E-state index >= 15 is 0 Å². The molecule has 31 heavy (non-hydrogen) atoms. The van der Waals surface area contributed by atoms with Gasteiger partial charge in [-0.3, -0.25) is 0 Å². The summed E-state index contributed by atoms with van der Waals surface area (Å²) >= 11 is 1.38. The summed E-state index contributed by atoms with van der Waals surface area (Å²) in [6.07, 6.45) is -0.707. The van der Waals surface area contributed by atoms with Crippen LogP contribution in [0, 0.1) is 0 Å². The van der Waals surface area contributed by atoms with Crippen LogP contribution >= 0.6 is 11.8 Å². The lowest BCUT2D eigenvalue weighted by molar-refractivity contribution is -0.143. The van der Waals surface area contributed by atoms with Crippen LogP contribution < -0.4 is 11.1 Å². The van der Waals surface area contributed by atoms with Crippen molar-refractivity contribution < 1.29 is 19.1 Å². The fourth-order valence-corrected chi connectivity index (χ4v) is 4.22. The molecule has 7 heteroatoms. The summed E-state index contributed by atoms with van der Waals surface area (Å²) in [7, 11) is 1.29. The molecule has 0 heterocycles. The van der Waals surface area contributed by atoms with Gasteiger partial charge in [0.2, 0.25) is 0 Å². The highest BCUT2D eigenvalue weighted by molar-refractivity contribution is 7.99. The second-order valence-corrected chi connectivity index (χ2v) is 7.88. The minimum atomic E-state index is -0.986. The lowest BCUT2D eigenvalue weighted by Gasteiger charge is -2.26. The standard InChI is InChI=1S/C24H24N2O4S/c1-29-23(27)21(26-24(28)30-16-17-10-4-2-5-11-17)22(18-12-6-3-7-13-18)31-20-15-9-8-14-19(20)25/h2-15,21-22H,16,25H2,1H3,(H,26,28). The van der Waals surface area contributed by atoms with E-state index in [0.29, 0.717) is 5.69 Å². The number of benzene rings is 3. The topological polar surface area (TPSA) is 90.6 Å². The molecule has 0 saturated carbocycles. The van der Waals surface area contributed by atoms with Crippen LogP contribution in [0.15, 0.2) is 89.8 Å². The molecule has 0 fully saturated rings. The summed E-state index contributed by atoms with van der Waals surface area (Å²) in [5, 5.41) is 2.20. The molecular weight excluding hydrogens is 412 g/mol. The van der Waals surface area contributed by atoms with E-state index in [0.717, 1.165) is 16.0 Å². The number of alkyl carbamates (subject to hydrolysis) is 1. The lowest BCUT2D eigenvalue weighted by atomic mass is 10.1. The van der Waals surface area contributed by atoms with Crippen molar-refractivity contribution in [1.29, 1.82) is 0 Å². The quantitative estimate of drug-likeness (QED) is 0.305. The van der Waals surface area contributed by atoms with Crippen molar-refractivity contribution in [3.05, 3.63) is 96.1 Å². The SMILES string of the molecule is COC(=O)C(NC(=O)OCc1ccccc1)C(Sc1ccccc1N)c1ccccc1. The molecule has 0 aliphatic heterocycles. The Labute approximate surface area is 185 Å². The van der Waals surface area contributed by atoms with Crippen molar-refractivity contribution in [2.24, 2.45) is 0 Å². The van der Waals surface area contributed by atoms with Gasteiger partial charge in [0, 0.05) is 10.6 Å². The number of para-hydroxylation sites is 1. The van der Waals surface area contributed by atoms with Crippen molar-refractivity contribution >= 4 is 29.5 Å². The van der Waals surface area contributed by atoms with Gasteiger partial charge in [0.1, 0.15) is 12.6 Å². The number of amides is 1. The van der Waals surface area contributed by atoms with Gasteiger partial charge in [0.25, 0.3) is 0 Å². The zero-order valence-electron chi connectivity index (χ0n) is 17.1. The van der Waals surface area contributed by atoms with Crippen LogP contribution in [0.5, 0.6) is 0 Å². The first-order valence-electron chi connectivity index (χ1n) is 9.69. The van der Waals surface area contributed by atoms with Gasteiger partial charge in [-0.15, -0.1) is 11.8 Å². The Morgan fingerprint density at radius 3 is 2.19 bits per heavy atom. The molecule has 0 aliphatic carbocycles. The second-order valence-electron chi connectivity index (χ2n) is 6.69. The highest BCUT2D eigenvalue weighted by Crippen LogP contribution is 2.40. The summed E-state index contributed by atoms with van der Waals surface area (Å²) < 4.78 is 10.3. The van der Waals surface area contributed by atoms with E-state index in [1.165, 1.54) is 18.9 Å². The number of carbonyl (C=O) groups is 2. The van der Waals surface area contributed by atoms with Crippen LogP contribution in [0.3, 0.4) is 0 Å². The predicted molar refractivity (Wildman–Crippen MR) is 121 cm³/mol. The van der Waals surface area contributed by atoms with E-state index in [1.807, 2.05) is 78.9 Å². The van der Waals surface area contributed by atoms with E-state index in [2.05, 4.69) is 5.32 Å². The largest absolute Gasteiger partial charge is 0.467 e. The van der Waals surface area contributed by atoms with Crippen LogP contribution in [0.25, 0.3) is 0 Å². The Morgan fingerprint density at radius 1 is 0.935 bits per heavy atom. The van der Waals surface area contributed by atoms with Crippen molar-refractivity contribution in [1.82, 2.24) is 5.32 Å². The fourth-order valence-electron chi connectivity index (χ4n) is 2.97. The number of esters is 1. The van der Waals surface area contributed by atoms with Crippen LogP contribution in [0.1, 0.15) is 16.4 Å².